The number of methoxy groups -OCH3 is 1. The molecule has 0 aromatic carbocycles. The molecule has 12 N–H and O–H groups in total. The zero-order valence-electron chi connectivity index (χ0n) is 51.1. The Morgan fingerprint density at radius 3 is 1.90 bits per heavy atom. The molecule has 0 amide bonds. The Hall–Kier alpha value is -2.06. The molecule has 0 aromatic heterocycles. The maximum Gasteiger partial charge on any atom is 0.397 e. The molecule has 29 heteroatoms. The lowest BCUT2D eigenvalue weighted by molar-refractivity contribution is -0.403. The van der Waals surface area contributed by atoms with Crippen molar-refractivity contribution in [3.8, 4) is 0 Å². The van der Waals surface area contributed by atoms with Gasteiger partial charge in [-0.3, -0.25) is 9.35 Å². The molecule has 6 saturated heterocycles. The molecular weight excluding hydrogens is 1190 g/mol. The number of cyclic esters (lactones) is 1. The van der Waals surface area contributed by atoms with Crippen LogP contribution < -0.4 is 0 Å². The summed E-state index contributed by atoms with van der Waals surface area (Å²) in [6.07, 6.45) is -31.1. The van der Waals surface area contributed by atoms with E-state index in [4.69, 9.17) is 61.0 Å². The highest BCUT2D eigenvalue weighted by Gasteiger charge is 2.76. The minimum Gasteiger partial charge on any atom is -0.459 e. The van der Waals surface area contributed by atoms with Gasteiger partial charge in [0.25, 0.3) is 0 Å². The van der Waals surface area contributed by atoms with E-state index >= 15 is 0 Å². The monoisotopic (exact) mass is 1280 g/mol. The maximum atomic E-state index is 14.5. The third-order valence-electron chi connectivity index (χ3n) is 22.1. The van der Waals surface area contributed by atoms with Crippen LogP contribution in [0.2, 0.25) is 0 Å². The molecule has 10 aliphatic rings. The number of rotatable bonds is 19. The van der Waals surface area contributed by atoms with Gasteiger partial charge in [0, 0.05) is 18.4 Å². The normalized spacial score (nSPS) is 51.1. The summed E-state index contributed by atoms with van der Waals surface area (Å²) >= 11 is 0. The zero-order chi connectivity index (χ0) is 64.1. The van der Waals surface area contributed by atoms with E-state index in [1.54, 1.807) is 0 Å². The zero-order valence-corrected chi connectivity index (χ0v) is 51.9. The number of hydrogen-bond acceptors (Lipinski definition) is 27. The van der Waals surface area contributed by atoms with Gasteiger partial charge < -0.3 is 113 Å². The van der Waals surface area contributed by atoms with E-state index in [9.17, 15) is 73.9 Å². The van der Waals surface area contributed by atoms with Gasteiger partial charge in [-0.05, 0) is 108 Å². The summed E-state index contributed by atoms with van der Waals surface area (Å²) in [6.45, 7) is 15.5. The maximum absolute atomic E-state index is 14.5. The highest BCUT2D eigenvalue weighted by Crippen LogP contribution is 2.76. The molecule has 10 rings (SSSR count). The average Bonchev–Trinajstić information content (AvgIpc) is 1.44. The van der Waals surface area contributed by atoms with Crippen LogP contribution in [0.5, 0.6) is 0 Å². The predicted octanol–water partition coefficient (Wildman–Crippen LogP) is -1.10. The van der Waals surface area contributed by atoms with Gasteiger partial charge in [0.1, 0.15) is 109 Å². The van der Waals surface area contributed by atoms with Crippen LogP contribution in [0, 0.1) is 39.4 Å². The van der Waals surface area contributed by atoms with Crippen LogP contribution in [0.4, 0.5) is 0 Å². The van der Waals surface area contributed by atoms with E-state index in [1.807, 2.05) is 6.92 Å². The minimum atomic E-state index is -5.25. The van der Waals surface area contributed by atoms with Gasteiger partial charge in [-0.1, -0.05) is 44.9 Å². The fourth-order valence-corrected chi connectivity index (χ4v) is 17.9. The van der Waals surface area contributed by atoms with E-state index in [0.717, 1.165) is 44.1 Å². The summed E-state index contributed by atoms with van der Waals surface area (Å²) < 4.78 is 112. The molecule has 31 unspecified atom stereocenters. The number of aliphatic hydroxyl groups excluding tert-OH is 11. The number of carbonyl (C=O) groups is 1. The van der Waals surface area contributed by atoms with Crippen molar-refractivity contribution in [2.24, 2.45) is 39.4 Å². The van der Waals surface area contributed by atoms with E-state index in [1.165, 1.54) is 19.6 Å². The molecule has 1 spiro atoms. The first-order valence-electron chi connectivity index (χ1n) is 30.9. The second-order valence-electron chi connectivity index (χ2n) is 27.7. The Kier molecular flexibility index (Phi) is 20.3. The third-order valence-corrected chi connectivity index (χ3v) is 22.6. The molecule has 9 fully saturated rings. The number of aliphatic hydroxyl groups is 11. The summed E-state index contributed by atoms with van der Waals surface area (Å²) in [4.78, 5) is 14.5. The van der Waals surface area contributed by atoms with Crippen LogP contribution in [0.3, 0.4) is 0 Å². The van der Waals surface area contributed by atoms with Crippen molar-refractivity contribution < 1.29 is 135 Å². The summed E-state index contributed by atoms with van der Waals surface area (Å²) in [5.74, 6) is 0.132. The molecule has 4 aliphatic carbocycles. The molecule has 31 atom stereocenters. The first kappa shape index (κ1) is 68.8. The molecular formula is C59H94O28S. The first-order chi connectivity index (χ1) is 41.3. The summed E-state index contributed by atoms with van der Waals surface area (Å²) in [7, 11) is -4.08. The van der Waals surface area contributed by atoms with Gasteiger partial charge in [-0.25, -0.2) is 4.18 Å². The van der Waals surface area contributed by atoms with Crippen LogP contribution in [0.25, 0.3) is 0 Å². The topological polar surface area (TPSA) is 414 Å². The molecule has 6 heterocycles. The standard InChI is InChI=1S/C59H94O28S/c1-25(2)11-10-17-58(8)34-15-19-57(7)28-12-13-33-55(4,5)35(16-18-56(33,6)27(28)14-20-59(34,57)54(71)86-58)81-52-47(39(66)32(24-77-52)87-88(72,73)74)85-53-48(84-49-40(67)36(63)29(62)23-76-49)41(68)44(26(3)78-53)82-51-43(70)46(38(65)31(22-61)80-51)83-50-42(69)45(75-9)37(64)30(21-60)79-50/h12,26-27,29-53,60-70H,1,10-11,13-24H2,2-9H3,(H,72,73,74). The Balaban J connectivity index is 0.903. The lowest BCUT2D eigenvalue weighted by Crippen LogP contribution is -2.68. The van der Waals surface area contributed by atoms with Crippen LogP contribution >= 0.6 is 0 Å². The number of allylic oxidation sites excluding steroid dienone is 3. The van der Waals surface area contributed by atoms with Crippen molar-refractivity contribution in [1.29, 1.82) is 0 Å². The van der Waals surface area contributed by atoms with E-state index in [2.05, 4.69) is 47.3 Å². The van der Waals surface area contributed by atoms with Crippen molar-refractivity contribution in [3.63, 3.8) is 0 Å². The lowest BCUT2D eigenvalue weighted by atomic mass is 9.41. The van der Waals surface area contributed by atoms with Crippen LogP contribution in [0.1, 0.15) is 113 Å². The smallest absolute Gasteiger partial charge is 0.397 e. The highest BCUT2D eigenvalue weighted by atomic mass is 32.3. The van der Waals surface area contributed by atoms with E-state index in [0.29, 0.717) is 25.7 Å². The molecule has 0 aromatic rings. The number of ether oxygens (including phenoxy) is 12. The number of carbonyl (C=O) groups excluding carboxylic acids is 1. The van der Waals surface area contributed by atoms with Crippen molar-refractivity contribution in [3.05, 3.63) is 23.8 Å². The Bertz CT molecular complexity index is 2620. The van der Waals surface area contributed by atoms with Crippen molar-refractivity contribution in [1.82, 2.24) is 0 Å². The van der Waals surface area contributed by atoms with Crippen molar-refractivity contribution >= 4 is 16.4 Å². The average molecular weight is 1280 g/mol. The Morgan fingerprint density at radius 1 is 0.659 bits per heavy atom. The summed E-state index contributed by atoms with van der Waals surface area (Å²) in [6, 6.07) is 0. The molecule has 0 radical (unpaired) electrons. The second kappa shape index (κ2) is 25.9. The predicted molar refractivity (Wildman–Crippen MR) is 297 cm³/mol. The SMILES string of the molecule is C=C(C)CCCC1(C)OC(=O)C23CCC4C(=CCC5C(C)(C)C(OC6OCC(OS(=O)(=O)O)C(O)C6OC6OC(C)C(OC7OC(CO)C(O)C(OC8OC(CO)C(O)C(OC)C8O)C7O)C(O)C6OC6OCC(O)C(O)C6O)CCC45C)C2(C)CCC13. The van der Waals surface area contributed by atoms with Crippen molar-refractivity contribution in [2.45, 2.75) is 266 Å². The van der Waals surface area contributed by atoms with Crippen LogP contribution in [-0.4, -0.2) is 262 Å². The van der Waals surface area contributed by atoms with Gasteiger partial charge >= 0.3 is 16.4 Å². The van der Waals surface area contributed by atoms with E-state index < -0.39 is 206 Å². The molecule has 88 heavy (non-hydrogen) atoms. The van der Waals surface area contributed by atoms with Gasteiger partial charge in [0.15, 0.2) is 31.5 Å². The van der Waals surface area contributed by atoms with Crippen LogP contribution in [0.15, 0.2) is 23.8 Å². The largest absolute Gasteiger partial charge is 0.459 e. The molecule has 28 nitrogen and oxygen atoms in total. The van der Waals surface area contributed by atoms with Gasteiger partial charge in [0.05, 0.1) is 44.1 Å². The minimum absolute atomic E-state index is 0.00392. The number of esters is 1. The van der Waals surface area contributed by atoms with Gasteiger partial charge in [0.2, 0.25) is 0 Å². The van der Waals surface area contributed by atoms with Crippen LogP contribution in [-0.2, 0) is 76.2 Å². The van der Waals surface area contributed by atoms with Crippen molar-refractivity contribution in [2.75, 3.05) is 33.5 Å². The molecule has 504 valence electrons. The Labute approximate surface area is 512 Å². The lowest BCUT2D eigenvalue weighted by Gasteiger charge is -2.64. The van der Waals surface area contributed by atoms with Gasteiger partial charge in [-0.2, -0.15) is 8.42 Å². The first-order valence-corrected chi connectivity index (χ1v) is 32.2. The molecule has 0 bridgehead atoms. The fraction of sp³-hybridized carbons (Fsp3) is 0.915. The summed E-state index contributed by atoms with van der Waals surface area (Å²) in [5.41, 5.74) is -0.0989. The molecule has 6 aliphatic heterocycles. The Morgan fingerprint density at radius 2 is 1.26 bits per heavy atom. The highest BCUT2D eigenvalue weighted by molar-refractivity contribution is 7.80. The number of hydrogen-bond donors (Lipinski definition) is 12. The molecule has 3 saturated carbocycles. The number of fused-ring (bicyclic) bond motifs is 4. The van der Waals surface area contributed by atoms with Gasteiger partial charge in [-0.15, -0.1) is 6.58 Å². The summed E-state index contributed by atoms with van der Waals surface area (Å²) in [5, 5.41) is 122. The quantitative estimate of drug-likeness (QED) is 0.0415. The second-order valence-corrected chi connectivity index (χ2v) is 28.7. The van der Waals surface area contributed by atoms with E-state index in [-0.39, 0.29) is 29.1 Å². The fourth-order valence-electron chi connectivity index (χ4n) is 17.4. The third kappa shape index (κ3) is 12.0.